The van der Waals surface area contributed by atoms with Crippen molar-refractivity contribution in [3.8, 4) is 0 Å². The van der Waals surface area contributed by atoms with E-state index in [1.807, 2.05) is 26.8 Å². The lowest BCUT2D eigenvalue weighted by atomic mass is 9.53. The lowest BCUT2D eigenvalue weighted by Crippen LogP contribution is -2.64. The molecule has 1 N–H and O–H groups in total. The van der Waals surface area contributed by atoms with Gasteiger partial charge in [-0.1, -0.05) is 19.1 Å². The van der Waals surface area contributed by atoms with Crippen molar-refractivity contribution in [3.05, 3.63) is 34.9 Å². The number of ether oxygens (including phenoxy) is 3. The average molecular weight is 400 g/mol. The molecule has 5 rings (SSSR count). The van der Waals surface area contributed by atoms with Crippen molar-refractivity contribution in [2.45, 2.75) is 63.6 Å². The van der Waals surface area contributed by atoms with E-state index in [1.165, 1.54) is 7.11 Å². The summed E-state index contributed by atoms with van der Waals surface area (Å²) in [6, 6.07) is 0. The molecular formula is C23H28O6. The highest BCUT2D eigenvalue weighted by Gasteiger charge is 2.70. The molecule has 0 saturated carbocycles. The van der Waals surface area contributed by atoms with E-state index in [0.29, 0.717) is 6.42 Å². The SMILES string of the molecule is CO[C@]12C[C@H]3C=C[C@H]4[C@@H]5C=C(C)C(=O)[C@H]4[C@]3(O5)C(C)=C1[C@@H](C)[C@@H]([C@@H](C)O)OC2=O. The molecule has 6 heteroatoms. The lowest BCUT2D eigenvalue weighted by molar-refractivity contribution is -0.197. The largest absolute Gasteiger partial charge is 0.457 e. The van der Waals surface area contributed by atoms with Gasteiger partial charge in [0.25, 0.3) is 0 Å². The second-order valence-corrected chi connectivity index (χ2v) is 9.31. The highest BCUT2D eigenvalue weighted by molar-refractivity contribution is 6.00. The molecule has 2 saturated heterocycles. The number of aliphatic hydroxyl groups is 1. The summed E-state index contributed by atoms with van der Waals surface area (Å²) in [4.78, 5) is 26.4. The van der Waals surface area contributed by atoms with Gasteiger partial charge in [-0.05, 0) is 43.6 Å². The summed E-state index contributed by atoms with van der Waals surface area (Å²) in [5.41, 5.74) is 0.464. The predicted molar refractivity (Wildman–Crippen MR) is 104 cm³/mol. The molecule has 4 bridgehead atoms. The van der Waals surface area contributed by atoms with E-state index < -0.39 is 29.4 Å². The number of fused-ring (bicyclic) bond motifs is 1. The van der Waals surface area contributed by atoms with Crippen LogP contribution in [0.15, 0.2) is 34.9 Å². The number of allylic oxidation sites excluding steroid dienone is 1. The van der Waals surface area contributed by atoms with Crippen LogP contribution in [-0.4, -0.2) is 53.5 Å². The first kappa shape index (κ1) is 19.2. The van der Waals surface area contributed by atoms with Crippen LogP contribution in [0.25, 0.3) is 0 Å². The van der Waals surface area contributed by atoms with Crippen molar-refractivity contribution in [2.75, 3.05) is 7.11 Å². The Hall–Kier alpha value is -1.76. The second-order valence-electron chi connectivity index (χ2n) is 9.31. The Morgan fingerprint density at radius 2 is 2.00 bits per heavy atom. The summed E-state index contributed by atoms with van der Waals surface area (Å²) in [5.74, 6) is -1.02. The first-order valence-electron chi connectivity index (χ1n) is 10.4. The van der Waals surface area contributed by atoms with Gasteiger partial charge in [-0.25, -0.2) is 4.79 Å². The molecule has 0 aromatic carbocycles. The maximum atomic E-state index is 13.3. The highest BCUT2D eigenvalue weighted by Crippen LogP contribution is 2.63. The van der Waals surface area contributed by atoms with Crippen molar-refractivity contribution in [2.24, 2.45) is 23.7 Å². The van der Waals surface area contributed by atoms with Crippen LogP contribution in [0.5, 0.6) is 0 Å². The second kappa shape index (κ2) is 5.90. The topological polar surface area (TPSA) is 82.1 Å². The molecule has 3 aliphatic carbocycles. The molecule has 2 heterocycles. The van der Waals surface area contributed by atoms with Crippen LogP contribution in [0.4, 0.5) is 0 Å². The number of esters is 1. The number of Topliss-reactive ketones (excluding diaryl/α,β-unsaturated/α-hetero) is 1. The molecule has 2 fully saturated rings. The third-order valence-corrected chi connectivity index (χ3v) is 8.04. The van der Waals surface area contributed by atoms with Crippen molar-refractivity contribution < 1.29 is 28.9 Å². The Bertz CT molecular complexity index is 897. The predicted octanol–water partition coefficient (Wildman–Crippen LogP) is 2.12. The van der Waals surface area contributed by atoms with E-state index >= 15 is 0 Å². The Balaban J connectivity index is 1.75. The van der Waals surface area contributed by atoms with Gasteiger partial charge in [-0.2, -0.15) is 0 Å². The van der Waals surface area contributed by atoms with E-state index in [4.69, 9.17) is 14.2 Å². The molecule has 0 aromatic rings. The van der Waals surface area contributed by atoms with Crippen LogP contribution in [0.3, 0.4) is 0 Å². The van der Waals surface area contributed by atoms with E-state index in [1.54, 1.807) is 6.92 Å². The number of rotatable bonds is 2. The number of hydrogen-bond donors (Lipinski definition) is 1. The van der Waals surface area contributed by atoms with E-state index in [2.05, 4.69) is 12.2 Å². The number of cyclic esters (lactones) is 1. The van der Waals surface area contributed by atoms with Crippen molar-refractivity contribution >= 4 is 11.8 Å². The Morgan fingerprint density at radius 1 is 1.28 bits per heavy atom. The normalized spacial score (nSPS) is 48.7. The molecule has 2 aliphatic heterocycles. The zero-order chi connectivity index (χ0) is 20.9. The van der Waals surface area contributed by atoms with Crippen molar-refractivity contribution in [1.29, 1.82) is 0 Å². The smallest absolute Gasteiger partial charge is 0.343 e. The lowest BCUT2D eigenvalue weighted by Gasteiger charge is -2.55. The minimum atomic E-state index is -1.21. The van der Waals surface area contributed by atoms with Gasteiger partial charge in [-0.3, -0.25) is 4.79 Å². The zero-order valence-electron chi connectivity index (χ0n) is 17.5. The summed E-state index contributed by atoms with van der Waals surface area (Å²) >= 11 is 0. The minimum absolute atomic E-state index is 0.0199. The molecule has 29 heavy (non-hydrogen) atoms. The monoisotopic (exact) mass is 400 g/mol. The first-order valence-corrected chi connectivity index (χ1v) is 10.4. The van der Waals surface area contributed by atoms with E-state index in [9.17, 15) is 14.7 Å². The molecule has 156 valence electrons. The van der Waals surface area contributed by atoms with Crippen molar-refractivity contribution in [3.63, 3.8) is 0 Å². The van der Waals surface area contributed by atoms with Gasteiger partial charge >= 0.3 is 5.97 Å². The molecular weight excluding hydrogens is 372 g/mol. The Kier molecular flexibility index (Phi) is 3.91. The van der Waals surface area contributed by atoms with Gasteiger partial charge < -0.3 is 19.3 Å². The minimum Gasteiger partial charge on any atom is -0.457 e. The number of ketones is 1. The number of aliphatic hydroxyl groups excluding tert-OH is 1. The highest BCUT2D eigenvalue weighted by atomic mass is 16.6. The van der Waals surface area contributed by atoms with Gasteiger partial charge in [-0.15, -0.1) is 0 Å². The molecule has 0 amide bonds. The Labute approximate surface area is 170 Å². The van der Waals surface area contributed by atoms with Crippen LogP contribution in [0.1, 0.15) is 34.1 Å². The van der Waals surface area contributed by atoms with Gasteiger partial charge in [0.05, 0.1) is 18.1 Å². The van der Waals surface area contributed by atoms with Crippen LogP contribution >= 0.6 is 0 Å². The van der Waals surface area contributed by atoms with Crippen LogP contribution in [-0.2, 0) is 23.8 Å². The summed E-state index contributed by atoms with van der Waals surface area (Å²) < 4.78 is 18.2. The quantitative estimate of drug-likeness (QED) is 0.565. The molecule has 6 nitrogen and oxygen atoms in total. The molecule has 0 aromatic heterocycles. The molecule has 9 atom stereocenters. The van der Waals surface area contributed by atoms with E-state index in [-0.39, 0.29) is 35.6 Å². The van der Waals surface area contributed by atoms with Crippen LogP contribution < -0.4 is 0 Å². The summed E-state index contributed by atoms with van der Waals surface area (Å²) in [5, 5.41) is 10.2. The fraction of sp³-hybridized carbons (Fsp3) is 0.652. The fourth-order valence-electron chi connectivity index (χ4n) is 6.82. The maximum absolute atomic E-state index is 13.3. The molecule has 5 aliphatic rings. The van der Waals surface area contributed by atoms with Gasteiger partial charge in [0.1, 0.15) is 11.7 Å². The standard InChI is InChI=1S/C23H28O6/c1-10-8-16-15-7-6-14-9-22(27-5)17(11(2)20(13(4)24)28-21(22)26)12(3)23(14,29-16)18(15)19(10)25/h6-8,11,13-16,18,20,24H,9H2,1-5H3/t11-,13-,14-,15+,16+,18+,20+,22-,23+/m1/s1. The molecule has 0 unspecified atom stereocenters. The van der Waals surface area contributed by atoms with Gasteiger partial charge in [0, 0.05) is 31.3 Å². The number of hydrogen-bond acceptors (Lipinski definition) is 6. The zero-order valence-corrected chi connectivity index (χ0v) is 17.5. The van der Waals surface area contributed by atoms with Gasteiger partial charge in [0.2, 0.25) is 0 Å². The Morgan fingerprint density at radius 3 is 2.66 bits per heavy atom. The van der Waals surface area contributed by atoms with Crippen molar-refractivity contribution in [1.82, 2.24) is 0 Å². The van der Waals surface area contributed by atoms with Gasteiger partial charge in [0.15, 0.2) is 11.4 Å². The van der Waals surface area contributed by atoms with Crippen LogP contribution in [0.2, 0.25) is 0 Å². The van der Waals surface area contributed by atoms with Crippen LogP contribution in [0, 0.1) is 23.7 Å². The number of carbonyl (C=O) groups is 2. The first-order chi connectivity index (χ1) is 13.7. The van der Waals surface area contributed by atoms with E-state index in [0.717, 1.165) is 16.7 Å². The summed E-state index contributed by atoms with van der Waals surface area (Å²) in [6.07, 6.45) is 4.89. The average Bonchev–Trinajstić information content (AvgIpc) is 2.82. The summed E-state index contributed by atoms with van der Waals surface area (Å²) in [6.45, 7) is 7.42. The molecule has 1 spiro atoms. The third-order valence-electron chi connectivity index (χ3n) is 8.04. The number of methoxy groups -OCH3 is 1. The summed E-state index contributed by atoms with van der Waals surface area (Å²) in [7, 11) is 1.53. The molecule has 0 radical (unpaired) electrons. The third kappa shape index (κ3) is 2.07. The number of carbonyl (C=O) groups excluding carboxylic acids is 2. The maximum Gasteiger partial charge on any atom is 0.343 e. The fourth-order valence-corrected chi connectivity index (χ4v) is 6.82.